The Hall–Kier alpha value is -1.36. The molecule has 0 aromatic carbocycles. The third kappa shape index (κ3) is 1.74. The lowest BCUT2D eigenvalue weighted by Gasteiger charge is -2.25. The molecule has 5 heteroatoms. The van der Waals surface area contributed by atoms with E-state index in [9.17, 15) is 4.79 Å². The van der Waals surface area contributed by atoms with Gasteiger partial charge in [0.1, 0.15) is 0 Å². The first-order valence-electron chi connectivity index (χ1n) is 5.93. The molecule has 0 bridgehead atoms. The molecule has 1 aliphatic rings. The van der Waals surface area contributed by atoms with Crippen LogP contribution < -0.4 is 5.73 Å². The Morgan fingerprint density at radius 2 is 2.06 bits per heavy atom. The molecule has 2 rings (SSSR count). The van der Waals surface area contributed by atoms with Gasteiger partial charge in [-0.15, -0.1) is 0 Å². The maximum absolute atomic E-state index is 11.8. The maximum Gasteiger partial charge on any atom is 0.223 e. The molecule has 0 radical (unpaired) electrons. The average molecular weight is 236 g/mol. The fraction of sp³-hybridized carbons (Fsp3) is 0.667. The van der Waals surface area contributed by atoms with E-state index in [1.807, 2.05) is 37.5 Å². The molecular weight excluding hydrogens is 216 g/mol. The summed E-state index contributed by atoms with van der Waals surface area (Å²) in [6, 6.07) is 0.0844. The minimum absolute atomic E-state index is 0.0844. The highest BCUT2D eigenvalue weighted by atomic mass is 16.2. The van der Waals surface area contributed by atoms with Crippen molar-refractivity contribution in [1.82, 2.24) is 14.7 Å². The van der Waals surface area contributed by atoms with Crippen LogP contribution in [0.3, 0.4) is 0 Å². The van der Waals surface area contributed by atoms with Crippen molar-refractivity contribution in [2.45, 2.75) is 26.3 Å². The fourth-order valence-electron chi connectivity index (χ4n) is 2.81. The van der Waals surface area contributed by atoms with Gasteiger partial charge in [0.2, 0.25) is 5.91 Å². The smallest absolute Gasteiger partial charge is 0.223 e. The monoisotopic (exact) mass is 236 g/mol. The molecule has 0 saturated carbocycles. The van der Waals surface area contributed by atoms with Crippen LogP contribution in [-0.2, 0) is 11.8 Å². The zero-order chi connectivity index (χ0) is 12.7. The number of likely N-dealkylation sites (tertiary alicyclic amines) is 1. The molecule has 1 aliphatic heterocycles. The minimum Gasteiger partial charge on any atom is -0.338 e. The van der Waals surface area contributed by atoms with Gasteiger partial charge in [-0.25, -0.2) is 0 Å². The summed E-state index contributed by atoms with van der Waals surface area (Å²) in [4.78, 5) is 13.6. The second-order valence-corrected chi connectivity index (χ2v) is 4.86. The second kappa shape index (κ2) is 4.14. The third-order valence-corrected chi connectivity index (χ3v) is 3.86. The quantitative estimate of drug-likeness (QED) is 0.814. The summed E-state index contributed by atoms with van der Waals surface area (Å²) in [6.45, 7) is 4.57. The number of nitrogens with two attached hydrogens (primary N) is 1. The number of aryl methyl sites for hydroxylation is 2. The standard InChI is InChI=1S/C12H20N4O/c1-7-11(8(2)16(4)14-7)12-9(6-13)5-10(17)15(12)3/h9,12H,5-6,13H2,1-4H3/t9-,12+/m1/s1. The van der Waals surface area contributed by atoms with E-state index < -0.39 is 0 Å². The predicted molar refractivity (Wildman–Crippen MR) is 65.4 cm³/mol. The van der Waals surface area contributed by atoms with E-state index in [1.165, 1.54) is 0 Å². The van der Waals surface area contributed by atoms with Gasteiger partial charge >= 0.3 is 0 Å². The molecule has 5 nitrogen and oxygen atoms in total. The van der Waals surface area contributed by atoms with Gasteiger partial charge in [0, 0.05) is 37.7 Å². The molecule has 2 heterocycles. The van der Waals surface area contributed by atoms with Crippen LogP contribution in [0.15, 0.2) is 0 Å². The van der Waals surface area contributed by atoms with Crippen LogP contribution in [0.2, 0.25) is 0 Å². The Balaban J connectivity index is 2.47. The van der Waals surface area contributed by atoms with Crippen molar-refractivity contribution in [2.75, 3.05) is 13.6 Å². The lowest BCUT2D eigenvalue weighted by Crippen LogP contribution is -2.27. The maximum atomic E-state index is 11.8. The van der Waals surface area contributed by atoms with E-state index >= 15 is 0 Å². The van der Waals surface area contributed by atoms with E-state index in [1.54, 1.807) is 0 Å². The van der Waals surface area contributed by atoms with Gasteiger partial charge < -0.3 is 10.6 Å². The van der Waals surface area contributed by atoms with Crippen LogP contribution in [0.1, 0.15) is 29.4 Å². The summed E-state index contributed by atoms with van der Waals surface area (Å²) in [5.41, 5.74) is 9.06. The van der Waals surface area contributed by atoms with Gasteiger partial charge in [0.05, 0.1) is 11.7 Å². The van der Waals surface area contributed by atoms with Crippen molar-refractivity contribution in [2.24, 2.45) is 18.7 Å². The molecule has 1 aromatic rings. The average Bonchev–Trinajstić information content (AvgIpc) is 2.69. The van der Waals surface area contributed by atoms with Crippen molar-refractivity contribution < 1.29 is 4.79 Å². The molecule has 94 valence electrons. The number of aromatic nitrogens is 2. The summed E-state index contributed by atoms with van der Waals surface area (Å²) in [7, 11) is 3.79. The van der Waals surface area contributed by atoms with Gasteiger partial charge in [-0.05, 0) is 20.4 Å². The highest BCUT2D eigenvalue weighted by Crippen LogP contribution is 2.38. The van der Waals surface area contributed by atoms with Gasteiger partial charge in [0.15, 0.2) is 0 Å². The summed E-state index contributed by atoms with van der Waals surface area (Å²) in [5, 5.41) is 4.42. The first-order valence-corrected chi connectivity index (χ1v) is 5.93. The lowest BCUT2D eigenvalue weighted by molar-refractivity contribution is -0.127. The van der Waals surface area contributed by atoms with Crippen LogP contribution in [0, 0.1) is 19.8 Å². The molecule has 2 N–H and O–H groups in total. The zero-order valence-electron chi connectivity index (χ0n) is 10.9. The molecular formula is C12H20N4O. The molecule has 17 heavy (non-hydrogen) atoms. The molecule has 1 amide bonds. The summed E-state index contributed by atoms with van der Waals surface area (Å²) in [6.07, 6.45) is 0.547. The second-order valence-electron chi connectivity index (χ2n) is 4.86. The number of hydrogen-bond acceptors (Lipinski definition) is 3. The first-order chi connectivity index (χ1) is 7.97. The van der Waals surface area contributed by atoms with Crippen LogP contribution in [0.5, 0.6) is 0 Å². The van der Waals surface area contributed by atoms with Crippen LogP contribution in [0.25, 0.3) is 0 Å². The highest BCUT2D eigenvalue weighted by molar-refractivity contribution is 5.79. The summed E-state index contributed by atoms with van der Waals surface area (Å²) in [5.74, 6) is 0.377. The Labute approximate surface area is 102 Å². The Morgan fingerprint density at radius 1 is 1.41 bits per heavy atom. The summed E-state index contributed by atoms with van der Waals surface area (Å²) < 4.78 is 1.87. The van der Waals surface area contributed by atoms with E-state index in [0.29, 0.717) is 13.0 Å². The van der Waals surface area contributed by atoms with Crippen LogP contribution in [-0.4, -0.2) is 34.2 Å². The Bertz CT molecular complexity index is 452. The summed E-state index contributed by atoms with van der Waals surface area (Å²) >= 11 is 0. The number of amides is 1. The number of nitrogens with zero attached hydrogens (tertiary/aromatic N) is 3. The Kier molecular flexibility index (Phi) is 2.95. The van der Waals surface area contributed by atoms with E-state index in [0.717, 1.165) is 17.0 Å². The van der Waals surface area contributed by atoms with E-state index in [4.69, 9.17) is 5.73 Å². The normalized spacial score (nSPS) is 24.8. The largest absolute Gasteiger partial charge is 0.338 e. The molecule has 0 aliphatic carbocycles. The SMILES string of the molecule is Cc1nn(C)c(C)c1[C@@H]1[C@@H](CN)CC(=O)N1C. The van der Waals surface area contributed by atoms with Gasteiger partial charge in [-0.2, -0.15) is 5.10 Å². The van der Waals surface area contributed by atoms with Gasteiger partial charge in [-0.3, -0.25) is 9.48 Å². The molecule has 1 fully saturated rings. The van der Waals surface area contributed by atoms with E-state index in [-0.39, 0.29) is 17.9 Å². The zero-order valence-corrected chi connectivity index (χ0v) is 10.9. The van der Waals surface area contributed by atoms with Crippen molar-refractivity contribution in [3.63, 3.8) is 0 Å². The molecule has 1 saturated heterocycles. The number of carbonyl (C=O) groups is 1. The third-order valence-electron chi connectivity index (χ3n) is 3.86. The van der Waals surface area contributed by atoms with Crippen molar-refractivity contribution in [3.8, 4) is 0 Å². The van der Waals surface area contributed by atoms with Crippen molar-refractivity contribution in [3.05, 3.63) is 17.0 Å². The number of rotatable bonds is 2. The minimum atomic E-state index is 0.0844. The van der Waals surface area contributed by atoms with Crippen LogP contribution in [0.4, 0.5) is 0 Å². The number of carbonyl (C=O) groups excluding carboxylic acids is 1. The fourth-order valence-corrected chi connectivity index (χ4v) is 2.81. The topological polar surface area (TPSA) is 64.2 Å². The van der Waals surface area contributed by atoms with Crippen molar-refractivity contribution in [1.29, 1.82) is 0 Å². The van der Waals surface area contributed by atoms with Crippen molar-refractivity contribution >= 4 is 5.91 Å². The highest BCUT2D eigenvalue weighted by Gasteiger charge is 2.40. The molecule has 0 spiro atoms. The van der Waals surface area contributed by atoms with Crippen LogP contribution >= 0.6 is 0 Å². The van der Waals surface area contributed by atoms with Gasteiger partial charge in [-0.1, -0.05) is 0 Å². The molecule has 1 aromatic heterocycles. The molecule has 2 atom stereocenters. The first kappa shape index (κ1) is 12.1. The van der Waals surface area contributed by atoms with E-state index in [2.05, 4.69) is 5.10 Å². The predicted octanol–water partition coefficient (Wildman–Crippen LogP) is 0.515. The van der Waals surface area contributed by atoms with Gasteiger partial charge in [0.25, 0.3) is 0 Å². The lowest BCUT2D eigenvalue weighted by atomic mass is 9.92. The Morgan fingerprint density at radius 3 is 2.53 bits per heavy atom. The number of hydrogen-bond donors (Lipinski definition) is 1. The molecule has 0 unspecified atom stereocenters.